The molecule has 0 aliphatic heterocycles. The summed E-state index contributed by atoms with van der Waals surface area (Å²) in [5.74, 6) is 0.561. The molecule has 144 valence electrons. The summed E-state index contributed by atoms with van der Waals surface area (Å²) < 4.78 is 10.9. The lowest BCUT2D eigenvalue weighted by Crippen LogP contribution is -2.37. The summed E-state index contributed by atoms with van der Waals surface area (Å²) in [7, 11) is 0. The summed E-state index contributed by atoms with van der Waals surface area (Å²) in [5, 5.41) is 3.94. The Bertz CT molecular complexity index is 903. The quantitative estimate of drug-likeness (QED) is 0.594. The molecule has 0 radical (unpaired) electrons. The molecule has 1 aliphatic carbocycles. The molecule has 2 heterocycles. The Morgan fingerprint density at radius 1 is 1.07 bits per heavy atom. The van der Waals surface area contributed by atoms with Crippen LogP contribution in [0.15, 0.2) is 59.4 Å². The van der Waals surface area contributed by atoms with E-state index in [-0.39, 0.29) is 18.5 Å². The van der Waals surface area contributed by atoms with Gasteiger partial charge in [-0.1, -0.05) is 54.8 Å². The van der Waals surface area contributed by atoms with Crippen LogP contribution in [0.5, 0.6) is 0 Å². The topological polar surface area (TPSA) is 78.1 Å². The van der Waals surface area contributed by atoms with E-state index in [0.29, 0.717) is 12.2 Å². The van der Waals surface area contributed by atoms with Crippen LogP contribution in [-0.4, -0.2) is 21.1 Å². The first-order valence-electron chi connectivity index (χ1n) is 9.69. The fraction of sp³-hybridized carbons (Fsp3) is 0.364. The lowest BCUT2D eigenvalue weighted by Gasteiger charge is -2.35. The van der Waals surface area contributed by atoms with Crippen LogP contribution in [0, 0.1) is 5.41 Å². The molecule has 4 rings (SSSR count). The molecular weight excluding hydrogens is 354 g/mol. The number of benzene rings is 1. The van der Waals surface area contributed by atoms with Gasteiger partial charge in [0.25, 0.3) is 5.89 Å². The first kappa shape index (κ1) is 18.3. The van der Waals surface area contributed by atoms with Crippen LogP contribution in [0.1, 0.15) is 43.6 Å². The molecule has 0 bridgehead atoms. The minimum Gasteiger partial charge on any atom is -0.455 e. The molecule has 3 aromatic rings. The molecule has 0 saturated heterocycles. The lowest BCUT2D eigenvalue weighted by atomic mass is 9.70. The van der Waals surface area contributed by atoms with Gasteiger partial charge in [-0.15, -0.1) is 0 Å². The number of hydrogen-bond acceptors (Lipinski definition) is 6. The van der Waals surface area contributed by atoms with Crippen molar-refractivity contribution in [3.8, 4) is 11.4 Å². The number of ether oxygens (including phenoxy) is 1. The summed E-state index contributed by atoms with van der Waals surface area (Å²) in [6.07, 6.45) is 9.03. The highest BCUT2D eigenvalue weighted by Crippen LogP contribution is 2.40. The van der Waals surface area contributed by atoms with Gasteiger partial charge in [0.15, 0.2) is 6.61 Å². The zero-order valence-electron chi connectivity index (χ0n) is 15.7. The van der Waals surface area contributed by atoms with Gasteiger partial charge in [0.1, 0.15) is 0 Å². The second kappa shape index (κ2) is 8.33. The predicted molar refractivity (Wildman–Crippen MR) is 103 cm³/mol. The summed E-state index contributed by atoms with van der Waals surface area (Å²) in [5.41, 5.74) is 1.46. The zero-order valence-corrected chi connectivity index (χ0v) is 15.7. The van der Waals surface area contributed by atoms with E-state index in [1.165, 1.54) is 6.42 Å². The Morgan fingerprint density at radius 3 is 2.64 bits per heavy atom. The highest BCUT2D eigenvalue weighted by Gasteiger charge is 2.41. The van der Waals surface area contributed by atoms with Crippen molar-refractivity contribution < 1.29 is 14.1 Å². The van der Waals surface area contributed by atoms with E-state index < -0.39 is 5.41 Å². The van der Waals surface area contributed by atoms with E-state index in [0.717, 1.165) is 36.8 Å². The number of pyridine rings is 1. The number of rotatable bonds is 6. The second-order valence-electron chi connectivity index (χ2n) is 7.33. The Balaban J connectivity index is 1.44. The standard InChI is InChI=1S/C22H23N3O3/c26-21(22(11-5-2-6-12-22)14-17-8-3-1-4-9-17)27-16-19-24-20(25-28-19)18-10-7-13-23-15-18/h1,3-4,7-10,13,15H,2,5-6,11-12,14,16H2. The highest BCUT2D eigenvalue weighted by molar-refractivity contribution is 5.77. The summed E-state index contributed by atoms with van der Waals surface area (Å²) >= 11 is 0. The molecule has 1 saturated carbocycles. The number of carbonyl (C=O) groups is 1. The summed E-state index contributed by atoms with van der Waals surface area (Å²) in [6, 6.07) is 13.8. The third-order valence-corrected chi connectivity index (χ3v) is 5.34. The summed E-state index contributed by atoms with van der Waals surface area (Å²) in [4.78, 5) is 21.4. The minimum atomic E-state index is -0.466. The van der Waals surface area contributed by atoms with E-state index >= 15 is 0 Å². The third-order valence-electron chi connectivity index (χ3n) is 5.34. The molecule has 0 amide bonds. The number of carbonyl (C=O) groups excluding carboxylic acids is 1. The maximum absolute atomic E-state index is 13.1. The molecule has 6 nitrogen and oxygen atoms in total. The van der Waals surface area contributed by atoms with Gasteiger partial charge in [0, 0.05) is 18.0 Å². The molecule has 0 N–H and O–H groups in total. The van der Waals surface area contributed by atoms with Crippen LogP contribution in [0.3, 0.4) is 0 Å². The normalized spacial score (nSPS) is 15.9. The average molecular weight is 377 g/mol. The number of esters is 1. The largest absolute Gasteiger partial charge is 0.455 e. The number of hydrogen-bond donors (Lipinski definition) is 0. The van der Waals surface area contributed by atoms with Gasteiger partial charge in [-0.25, -0.2) is 0 Å². The molecule has 1 aliphatic rings. The van der Waals surface area contributed by atoms with Crippen LogP contribution in [0.2, 0.25) is 0 Å². The van der Waals surface area contributed by atoms with Crippen LogP contribution < -0.4 is 0 Å². The van der Waals surface area contributed by atoms with Crippen molar-refractivity contribution in [1.82, 2.24) is 15.1 Å². The molecule has 28 heavy (non-hydrogen) atoms. The molecule has 6 heteroatoms. The minimum absolute atomic E-state index is 0.0113. The maximum Gasteiger partial charge on any atom is 0.312 e. The molecule has 0 atom stereocenters. The zero-order chi connectivity index (χ0) is 19.2. The Hall–Kier alpha value is -3.02. The van der Waals surface area contributed by atoms with Crippen LogP contribution in [0.4, 0.5) is 0 Å². The van der Waals surface area contributed by atoms with Crippen LogP contribution in [-0.2, 0) is 22.6 Å². The van der Waals surface area contributed by atoms with Gasteiger partial charge in [0.2, 0.25) is 5.82 Å². The van der Waals surface area contributed by atoms with E-state index in [1.807, 2.05) is 30.3 Å². The third kappa shape index (κ3) is 4.11. The van der Waals surface area contributed by atoms with Crippen molar-refractivity contribution in [2.24, 2.45) is 5.41 Å². The Kier molecular flexibility index (Phi) is 5.46. The monoisotopic (exact) mass is 377 g/mol. The molecule has 1 fully saturated rings. The van der Waals surface area contributed by atoms with E-state index in [1.54, 1.807) is 12.4 Å². The van der Waals surface area contributed by atoms with Crippen molar-refractivity contribution >= 4 is 5.97 Å². The van der Waals surface area contributed by atoms with E-state index in [4.69, 9.17) is 9.26 Å². The molecule has 0 spiro atoms. The molecular formula is C22H23N3O3. The van der Waals surface area contributed by atoms with Gasteiger partial charge < -0.3 is 9.26 Å². The second-order valence-corrected chi connectivity index (χ2v) is 7.33. The fourth-order valence-corrected chi connectivity index (χ4v) is 3.87. The maximum atomic E-state index is 13.1. The van der Waals surface area contributed by atoms with Crippen molar-refractivity contribution in [3.05, 3.63) is 66.3 Å². The average Bonchev–Trinajstić information content (AvgIpc) is 3.23. The number of aromatic nitrogens is 3. The van der Waals surface area contributed by atoms with Gasteiger partial charge in [0.05, 0.1) is 5.41 Å². The molecule has 2 aromatic heterocycles. The first-order valence-corrected chi connectivity index (χ1v) is 9.69. The molecule has 0 unspecified atom stereocenters. The van der Waals surface area contributed by atoms with Crippen molar-refractivity contribution in [2.75, 3.05) is 0 Å². The summed E-state index contributed by atoms with van der Waals surface area (Å²) in [6.45, 7) is -0.0113. The molecule has 1 aromatic carbocycles. The van der Waals surface area contributed by atoms with E-state index in [2.05, 4.69) is 27.3 Å². The van der Waals surface area contributed by atoms with Gasteiger partial charge >= 0.3 is 5.97 Å². The van der Waals surface area contributed by atoms with Gasteiger partial charge in [-0.3, -0.25) is 9.78 Å². The van der Waals surface area contributed by atoms with Crippen LogP contribution >= 0.6 is 0 Å². The van der Waals surface area contributed by atoms with Gasteiger partial charge in [-0.05, 0) is 37.0 Å². The lowest BCUT2D eigenvalue weighted by molar-refractivity contribution is -0.160. The van der Waals surface area contributed by atoms with Crippen LogP contribution in [0.25, 0.3) is 11.4 Å². The predicted octanol–water partition coefficient (Wildman–Crippen LogP) is 4.37. The fourth-order valence-electron chi connectivity index (χ4n) is 3.87. The Labute approximate surface area is 164 Å². The smallest absolute Gasteiger partial charge is 0.312 e. The first-order chi connectivity index (χ1) is 13.8. The van der Waals surface area contributed by atoms with Gasteiger partial charge in [-0.2, -0.15) is 4.98 Å². The van der Waals surface area contributed by atoms with Crippen molar-refractivity contribution in [1.29, 1.82) is 0 Å². The number of nitrogens with zero attached hydrogens (tertiary/aromatic N) is 3. The van der Waals surface area contributed by atoms with E-state index in [9.17, 15) is 4.79 Å². The highest BCUT2D eigenvalue weighted by atomic mass is 16.6. The Morgan fingerprint density at radius 2 is 1.89 bits per heavy atom. The van der Waals surface area contributed by atoms with Crippen molar-refractivity contribution in [2.45, 2.75) is 45.1 Å². The van der Waals surface area contributed by atoms with Crippen molar-refractivity contribution in [3.63, 3.8) is 0 Å². The SMILES string of the molecule is O=C(OCc1nc(-c2cccnc2)no1)C1(Cc2ccccc2)CCCCC1.